The quantitative estimate of drug-likeness (QED) is 0.875. The fourth-order valence-corrected chi connectivity index (χ4v) is 5.02. The van der Waals surface area contributed by atoms with Gasteiger partial charge < -0.3 is 5.73 Å². The van der Waals surface area contributed by atoms with Crippen molar-refractivity contribution in [2.24, 2.45) is 11.7 Å². The molecule has 0 spiro atoms. The zero-order valence-electron chi connectivity index (χ0n) is 12.0. The molecule has 0 bridgehead atoms. The molecule has 0 saturated carbocycles. The number of nitrogens with zero attached hydrogens (tertiary/aromatic N) is 1. The van der Waals surface area contributed by atoms with Gasteiger partial charge in [0.2, 0.25) is 10.0 Å². The molecule has 1 aromatic rings. The molecule has 21 heavy (non-hydrogen) atoms. The molecule has 1 fully saturated rings. The van der Waals surface area contributed by atoms with Crippen LogP contribution in [0.1, 0.15) is 31.7 Å². The van der Waals surface area contributed by atoms with Gasteiger partial charge in [-0.2, -0.15) is 4.31 Å². The van der Waals surface area contributed by atoms with E-state index in [9.17, 15) is 12.8 Å². The van der Waals surface area contributed by atoms with Crippen LogP contribution in [0.15, 0.2) is 21.5 Å². The van der Waals surface area contributed by atoms with E-state index in [0.717, 1.165) is 19.3 Å². The van der Waals surface area contributed by atoms with E-state index in [0.29, 0.717) is 23.5 Å². The van der Waals surface area contributed by atoms with E-state index in [1.54, 1.807) is 0 Å². The van der Waals surface area contributed by atoms with Crippen molar-refractivity contribution in [1.29, 1.82) is 0 Å². The second-order valence-electron chi connectivity index (χ2n) is 5.36. The minimum Gasteiger partial charge on any atom is -0.326 e. The summed E-state index contributed by atoms with van der Waals surface area (Å²) in [4.78, 5) is -0.283. The highest BCUT2D eigenvalue weighted by molar-refractivity contribution is 9.10. The first-order valence-corrected chi connectivity index (χ1v) is 9.31. The number of hydrogen-bond acceptors (Lipinski definition) is 3. The standard InChI is InChI=1S/C14H20BrFN2O2S/c1-2-10-4-3-5-18(9-10)21(19,20)13-7-12(15)6-11(8-17)14(13)16/h6-7,10H,2-5,8-9,17H2,1H3. The molecule has 4 nitrogen and oxygen atoms in total. The predicted octanol–water partition coefficient (Wildman–Crippen LogP) is 2.86. The monoisotopic (exact) mass is 378 g/mol. The number of piperidine rings is 1. The average Bonchev–Trinajstić information content (AvgIpc) is 2.49. The van der Waals surface area contributed by atoms with Crippen molar-refractivity contribution in [3.63, 3.8) is 0 Å². The van der Waals surface area contributed by atoms with Crippen molar-refractivity contribution in [2.75, 3.05) is 13.1 Å². The summed E-state index contributed by atoms with van der Waals surface area (Å²) in [7, 11) is -3.82. The molecule has 2 N–H and O–H groups in total. The SMILES string of the molecule is CCC1CCCN(S(=O)(=O)c2cc(Br)cc(CN)c2F)C1. The zero-order valence-corrected chi connectivity index (χ0v) is 14.4. The lowest BCUT2D eigenvalue weighted by Gasteiger charge is -2.31. The first kappa shape index (κ1) is 16.9. The topological polar surface area (TPSA) is 63.4 Å². The molecule has 1 atom stereocenters. The van der Waals surface area contributed by atoms with Crippen LogP contribution in [0.25, 0.3) is 0 Å². The minimum atomic E-state index is -3.82. The molecule has 0 radical (unpaired) electrons. The molecular formula is C14H20BrFN2O2S. The first-order chi connectivity index (χ1) is 9.90. The van der Waals surface area contributed by atoms with E-state index in [4.69, 9.17) is 5.73 Å². The summed E-state index contributed by atoms with van der Waals surface area (Å²) < 4.78 is 41.7. The Bertz CT molecular complexity index is 622. The second kappa shape index (κ2) is 6.73. The summed E-state index contributed by atoms with van der Waals surface area (Å²) in [6.07, 6.45) is 2.77. The Balaban J connectivity index is 2.42. The fraction of sp³-hybridized carbons (Fsp3) is 0.571. The summed E-state index contributed by atoms with van der Waals surface area (Å²) in [5, 5.41) is 0. The number of nitrogens with two attached hydrogens (primary N) is 1. The van der Waals surface area contributed by atoms with Crippen LogP contribution in [0.3, 0.4) is 0 Å². The van der Waals surface area contributed by atoms with E-state index >= 15 is 0 Å². The molecule has 1 heterocycles. The molecule has 0 aromatic heterocycles. The highest BCUT2D eigenvalue weighted by Crippen LogP contribution is 2.29. The summed E-state index contributed by atoms with van der Waals surface area (Å²) in [5.41, 5.74) is 5.69. The van der Waals surface area contributed by atoms with Crippen LogP contribution in [0, 0.1) is 11.7 Å². The van der Waals surface area contributed by atoms with Crippen molar-refractivity contribution in [2.45, 2.75) is 37.6 Å². The maximum atomic E-state index is 14.4. The highest BCUT2D eigenvalue weighted by Gasteiger charge is 2.32. The third-order valence-corrected chi connectivity index (χ3v) is 6.30. The van der Waals surface area contributed by atoms with Gasteiger partial charge in [0.05, 0.1) is 0 Å². The van der Waals surface area contributed by atoms with Gasteiger partial charge in [-0.1, -0.05) is 29.3 Å². The van der Waals surface area contributed by atoms with E-state index in [1.165, 1.54) is 16.4 Å². The van der Waals surface area contributed by atoms with Gasteiger partial charge in [-0.25, -0.2) is 12.8 Å². The lowest BCUT2D eigenvalue weighted by molar-refractivity contribution is 0.261. The van der Waals surface area contributed by atoms with Crippen molar-refractivity contribution >= 4 is 26.0 Å². The Kier molecular flexibility index (Phi) is 5.40. The lowest BCUT2D eigenvalue weighted by Crippen LogP contribution is -2.40. The number of rotatable bonds is 4. The lowest BCUT2D eigenvalue weighted by atomic mass is 9.97. The van der Waals surface area contributed by atoms with Crippen LogP contribution in [-0.2, 0) is 16.6 Å². The first-order valence-electron chi connectivity index (χ1n) is 7.08. The summed E-state index contributed by atoms with van der Waals surface area (Å²) in [6.45, 7) is 2.92. The van der Waals surface area contributed by atoms with Gasteiger partial charge in [-0.3, -0.25) is 0 Å². The Labute approximate surface area is 133 Å². The molecule has 7 heteroatoms. The van der Waals surface area contributed by atoms with Crippen LogP contribution in [0.2, 0.25) is 0 Å². The van der Waals surface area contributed by atoms with Crippen LogP contribution in [0.5, 0.6) is 0 Å². The van der Waals surface area contributed by atoms with Crippen LogP contribution >= 0.6 is 15.9 Å². The van der Waals surface area contributed by atoms with Gasteiger partial charge in [0.25, 0.3) is 0 Å². The van der Waals surface area contributed by atoms with Crippen LogP contribution in [-0.4, -0.2) is 25.8 Å². The number of halogens is 2. The van der Waals surface area contributed by atoms with Crippen LogP contribution < -0.4 is 5.73 Å². The van der Waals surface area contributed by atoms with Gasteiger partial charge in [0.15, 0.2) is 0 Å². The highest BCUT2D eigenvalue weighted by atomic mass is 79.9. The predicted molar refractivity (Wildman–Crippen MR) is 83.8 cm³/mol. The van der Waals surface area contributed by atoms with Crippen LogP contribution in [0.4, 0.5) is 4.39 Å². The van der Waals surface area contributed by atoms with Crippen molar-refractivity contribution in [3.05, 3.63) is 28.0 Å². The van der Waals surface area contributed by atoms with E-state index < -0.39 is 15.8 Å². The Morgan fingerprint density at radius 2 is 2.19 bits per heavy atom. The third kappa shape index (κ3) is 3.47. The van der Waals surface area contributed by atoms with Gasteiger partial charge in [-0.15, -0.1) is 0 Å². The van der Waals surface area contributed by atoms with Crippen molar-refractivity contribution in [1.82, 2.24) is 4.31 Å². The molecule has 1 unspecified atom stereocenters. The Morgan fingerprint density at radius 3 is 2.81 bits per heavy atom. The van der Waals surface area contributed by atoms with Gasteiger partial charge in [-0.05, 0) is 30.9 Å². The molecule has 1 aliphatic heterocycles. The van der Waals surface area contributed by atoms with E-state index in [2.05, 4.69) is 15.9 Å². The second-order valence-corrected chi connectivity index (χ2v) is 8.18. The molecular weight excluding hydrogens is 359 g/mol. The smallest absolute Gasteiger partial charge is 0.246 e. The normalized spacial score (nSPS) is 20.7. The summed E-state index contributed by atoms with van der Waals surface area (Å²) >= 11 is 3.22. The average molecular weight is 379 g/mol. The van der Waals surface area contributed by atoms with Gasteiger partial charge >= 0.3 is 0 Å². The molecule has 2 rings (SSSR count). The number of benzene rings is 1. The summed E-state index contributed by atoms with van der Waals surface area (Å²) in [5.74, 6) is -0.392. The van der Waals surface area contributed by atoms with E-state index in [-0.39, 0.29) is 17.0 Å². The summed E-state index contributed by atoms with van der Waals surface area (Å²) in [6, 6.07) is 2.83. The van der Waals surface area contributed by atoms with Gasteiger partial charge in [0, 0.05) is 29.7 Å². The maximum Gasteiger partial charge on any atom is 0.246 e. The number of sulfonamides is 1. The Morgan fingerprint density at radius 1 is 1.48 bits per heavy atom. The zero-order chi connectivity index (χ0) is 15.6. The molecule has 1 aliphatic rings. The fourth-order valence-electron chi connectivity index (χ4n) is 2.67. The maximum absolute atomic E-state index is 14.4. The largest absolute Gasteiger partial charge is 0.326 e. The minimum absolute atomic E-state index is 0.0363. The van der Waals surface area contributed by atoms with Crippen molar-refractivity contribution in [3.8, 4) is 0 Å². The molecule has 0 amide bonds. The molecule has 0 aliphatic carbocycles. The van der Waals surface area contributed by atoms with E-state index in [1.807, 2.05) is 6.92 Å². The number of hydrogen-bond donors (Lipinski definition) is 1. The van der Waals surface area contributed by atoms with Crippen molar-refractivity contribution < 1.29 is 12.8 Å². The molecule has 1 aromatic carbocycles. The van der Waals surface area contributed by atoms with Gasteiger partial charge in [0.1, 0.15) is 10.7 Å². The molecule has 1 saturated heterocycles. The molecule has 118 valence electrons. The Hall–Kier alpha value is -0.500. The third-order valence-electron chi connectivity index (χ3n) is 3.98.